The van der Waals surface area contributed by atoms with Crippen molar-refractivity contribution < 1.29 is 9.53 Å². The number of rotatable bonds is 9. The number of aliphatic imine (C=N–C) groups is 1. The number of ether oxygens (including phenoxy) is 1. The summed E-state index contributed by atoms with van der Waals surface area (Å²) in [7, 11) is 0. The predicted octanol–water partition coefficient (Wildman–Crippen LogP) is 0.543. The first-order chi connectivity index (χ1) is 10.1. The van der Waals surface area contributed by atoms with Crippen LogP contribution >= 0.6 is 0 Å². The van der Waals surface area contributed by atoms with Crippen molar-refractivity contribution in [1.82, 2.24) is 0 Å². The Morgan fingerprint density at radius 2 is 1.90 bits per heavy atom. The van der Waals surface area contributed by atoms with E-state index in [0.29, 0.717) is 26.0 Å². The highest BCUT2D eigenvalue weighted by atomic mass is 16.5. The van der Waals surface area contributed by atoms with Crippen molar-refractivity contribution in [3.05, 3.63) is 35.9 Å². The van der Waals surface area contributed by atoms with Crippen LogP contribution in [0.25, 0.3) is 0 Å². The summed E-state index contributed by atoms with van der Waals surface area (Å²) < 4.78 is 5.15. The molecule has 1 rings (SSSR count). The predicted molar refractivity (Wildman–Crippen MR) is 83.6 cm³/mol. The van der Waals surface area contributed by atoms with E-state index in [9.17, 15) is 4.79 Å². The molecule has 1 atom stereocenters. The Morgan fingerprint density at radius 3 is 2.57 bits per heavy atom. The molecule has 0 spiro atoms. The van der Waals surface area contributed by atoms with Crippen LogP contribution in [0.1, 0.15) is 24.8 Å². The zero-order chi connectivity index (χ0) is 15.5. The van der Waals surface area contributed by atoms with Crippen LogP contribution in [0.15, 0.2) is 35.3 Å². The Bertz CT molecular complexity index is 444. The van der Waals surface area contributed by atoms with E-state index in [4.69, 9.17) is 21.9 Å². The number of benzene rings is 1. The molecule has 0 radical (unpaired) electrons. The Labute approximate surface area is 125 Å². The molecule has 1 aromatic rings. The molecule has 0 unspecified atom stereocenters. The zero-order valence-corrected chi connectivity index (χ0v) is 12.2. The van der Waals surface area contributed by atoms with Crippen LogP contribution < -0.4 is 17.2 Å². The fourth-order valence-corrected chi connectivity index (χ4v) is 1.84. The summed E-state index contributed by atoms with van der Waals surface area (Å²) in [4.78, 5) is 15.5. The number of guanidine groups is 1. The molecule has 0 amide bonds. The standard InChI is InChI=1S/C15H24N4O2/c16-13(9-4-10-19-15(17)18)14(20)21-11-5-8-12-6-2-1-3-7-12/h1-3,6-7,13H,4-5,8-11,16H2,(H4,17,18,19)/t13-/m0/s1. The first kappa shape index (κ1) is 17.0. The number of carbonyl (C=O) groups is 1. The zero-order valence-electron chi connectivity index (χ0n) is 12.2. The summed E-state index contributed by atoms with van der Waals surface area (Å²) in [6, 6.07) is 9.46. The average Bonchev–Trinajstić information content (AvgIpc) is 2.48. The molecule has 6 N–H and O–H groups in total. The van der Waals surface area contributed by atoms with Gasteiger partial charge >= 0.3 is 5.97 Å². The molecule has 6 heteroatoms. The lowest BCUT2D eigenvalue weighted by Crippen LogP contribution is -2.32. The highest BCUT2D eigenvalue weighted by molar-refractivity contribution is 5.76. The molecule has 116 valence electrons. The van der Waals surface area contributed by atoms with Gasteiger partial charge in [0, 0.05) is 6.54 Å². The van der Waals surface area contributed by atoms with E-state index in [1.165, 1.54) is 5.56 Å². The Morgan fingerprint density at radius 1 is 1.19 bits per heavy atom. The van der Waals surface area contributed by atoms with Crippen LogP contribution in [0.2, 0.25) is 0 Å². The topological polar surface area (TPSA) is 117 Å². The Balaban J connectivity index is 2.11. The quantitative estimate of drug-likeness (QED) is 0.266. The molecule has 0 aliphatic carbocycles. The molecule has 1 aromatic carbocycles. The third kappa shape index (κ3) is 7.94. The smallest absolute Gasteiger partial charge is 0.322 e. The number of esters is 1. The van der Waals surface area contributed by atoms with E-state index in [1.807, 2.05) is 18.2 Å². The van der Waals surface area contributed by atoms with Gasteiger partial charge in [0.05, 0.1) is 6.61 Å². The van der Waals surface area contributed by atoms with Crippen molar-refractivity contribution in [3.63, 3.8) is 0 Å². The monoisotopic (exact) mass is 292 g/mol. The minimum atomic E-state index is -0.615. The number of carbonyl (C=O) groups excluding carboxylic acids is 1. The van der Waals surface area contributed by atoms with Gasteiger partial charge in [-0.1, -0.05) is 30.3 Å². The summed E-state index contributed by atoms with van der Waals surface area (Å²) in [5, 5.41) is 0. The second-order valence-corrected chi connectivity index (χ2v) is 4.81. The molecule has 0 aromatic heterocycles. The van der Waals surface area contributed by atoms with Crippen molar-refractivity contribution in [2.24, 2.45) is 22.2 Å². The molecule has 0 saturated carbocycles. The van der Waals surface area contributed by atoms with Crippen molar-refractivity contribution >= 4 is 11.9 Å². The van der Waals surface area contributed by atoms with Gasteiger partial charge in [-0.3, -0.25) is 9.79 Å². The van der Waals surface area contributed by atoms with Crippen molar-refractivity contribution in [1.29, 1.82) is 0 Å². The fourth-order valence-electron chi connectivity index (χ4n) is 1.84. The SMILES string of the molecule is NC(N)=NCCC[C@H](N)C(=O)OCCCc1ccccc1. The Hall–Kier alpha value is -2.08. The summed E-state index contributed by atoms with van der Waals surface area (Å²) in [5.74, 6) is -0.320. The lowest BCUT2D eigenvalue weighted by atomic mass is 10.1. The van der Waals surface area contributed by atoms with Crippen LogP contribution in [0.5, 0.6) is 0 Å². The fraction of sp³-hybridized carbons (Fsp3) is 0.467. The Kier molecular flexibility index (Phi) is 7.89. The normalized spacial score (nSPS) is 11.7. The van der Waals surface area contributed by atoms with Gasteiger partial charge in [-0.15, -0.1) is 0 Å². The van der Waals surface area contributed by atoms with Gasteiger partial charge in [0.25, 0.3) is 0 Å². The molecular formula is C15H24N4O2. The van der Waals surface area contributed by atoms with Crippen molar-refractivity contribution in [3.8, 4) is 0 Å². The van der Waals surface area contributed by atoms with Crippen molar-refractivity contribution in [2.75, 3.05) is 13.2 Å². The van der Waals surface area contributed by atoms with E-state index in [-0.39, 0.29) is 11.9 Å². The summed E-state index contributed by atoms with van der Waals surface area (Å²) >= 11 is 0. The molecule has 6 nitrogen and oxygen atoms in total. The summed E-state index contributed by atoms with van der Waals surface area (Å²) in [6.07, 6.45) is 2.83. The summed E-state index contributed by atoms with van der Waals surface area (Å²) in [5.41, 5.74) is 17.4. The lowest BCUT2D eigenvalue weighted by molar-refractivity contribution is -0.145. The van der Waals surface area contributed by atoms with Crippen LogP contribution in [-0.2, 0) is 16.0 Å². The maximum Gasteiger partial charge on any atom is 0.322 e. The minimum Gasteiger partial charge on any atom is -0.465 e. The molecule has 0 bridgehead atoms. The molecular weight excluding hydrogens is 268 g/mol. The molecule has 0 fully saturated rings. The van der Waals surface area contributed by atoms with E-state index >= 15 is 0 Å². The highest BCUT2D eigenvalue weighted by Crippen LogP contribution is 2.03. The largest absolute Gasteiger partial charge is 0.465 e. The van der Waals surface area contributed by atoms with Gasteiger partial charge < -0.3 is 21.9 Å². The van der Waals surface area contributed by atoms with Crippen molar-refractivity contribution in [2.45, 2.75) is 31.7 Å². The molecule has 0 aliphatic rings. The second-order valence-electron chi connectivity index (χ2n) is 4.81. The number of hydrogen-bond acceptors (Lipinski definition) is 4. The summed E-state index contributed by atoms with van der Waals surface area (Å²) in [6.45, 7) is 0.854. The third-order valence-electron chi connectivity index (χ3n) is 2.97. The number of hydrogen-bond donors (Lipinski definition) is 3. The lowest BCUT2D eigenvalue weighted by Gasteiger charge is -2.11. The van der Waals surface area contributed by atoms with E-state index in [1.54, 1.807) is 0 Å². The number of aryl methyl sites for hydroxylation is 1. The molecule has 21 heavy (non-hydrogen) atoms. The van der Waals surface area contributed by atoms with Gasteiger partial charge in [-0.2, -0.15) is 0 Å². The first-order valence-corrected chi connectivity index (χ1v) is 7.11. The number of nitrogens with zero attached hydrogens (tertiary/aromatic N) is 1. The van der Waals surface area contributed by atoms with Crippen LogP contribution in [0.3, 0.4) is 0 Å². The highest BCUT2D eigenvalue weighted by Gasteiger charge is 2.14. The first-order valence-electron chi connectivity index (χ1n) is 7.11. The van der Waals surface area contributed by atoms with Gasteiger partial charge in [0.15, 0.2) is 5.96 Å². The van der Waals surface area contributed by atoms with E-state index in [0.717, 1.165) is 12.8 Å². The average molecular weight is 292 g/mol. The van der Waals surface area contributed by atoms with Crippen LogP contribution in [0.4, 0.5) is 0 Å². The van der Waals surface area contributed by atoms with Crippen LogP contribution in [-0.4, -0.2) is 31.1 Å². The van der Waals surface area contributed by atoms with E-state index < -0.39 is 6.04 Å². The molecule has 0 heterocycles. The second kappa shape index (κ2) is 9.77. The third-order valence-corrected chi connectivity index (χ3v) is 2.97. The van der Waals surface area contributed by atoms with E-state index in [2.05, 4.69) is 17.1 Å². The maximum atomic E-state index is 11.6. The van der Waals surface area contributed by atoms with Gasteiger partial charge in [0.1, 0.15) is 6.04 Å². The van der Waals surface area contributed by atoms with Gasteiger partial charge in [-0.05, 0) is 31.2 Å². The number of nitrogens with two attached hydrogens (primary N) is 3. The molecule has 0 saturated heterocycles. The van der Waals surface area contributed by atoms with Gasteiger partial charge in [0.2, 0.25) is 0 Å². The minimum absolute atomic E-state index is 0.0482. The molecule has 0 aliphatic heterocycles. The maximum absolute atomic E-state index is 11.6. The van der Waals surface area contributed by atoms with Gasteiger partial charge in [-0.25, -0.2) is 0 Å². The van der Waals surface area contributed by atoms with Crippen LogP contribution in [0, 0.1) is 0 Å².